The number of aliphatic carboxylic acids is 2. The van der Waals surface area contributed by atoms with Gasteiger partial charge in [-0.15, -0.1) is 0 Å². The zero-order valence-electron chi connectivity index (χ0n) is 17.2. The number of aromatic hydroxyl groups is 1. The summed E-state index contributed by atoms with van der Waals surface area (Å²) in [6.45, 7) is 0.568. The first-order valence-electron chi connectivity index (χ1n) is 8.99. The molecule has 0 aliphatic heterocycles. The molecule has 31 heavy (non-hydrogen) atoms. The number of ether oxygens (including phenoxy) is 2. The maximum atomic E-state index is 9.66. The summed E-state index contributed by atoms with van der Waals surface area (Å²) in [6.07, 6.45) is 1.83. The third kappa shape index (κ3) is 6.13. The van der Waals surface area contributed by atoms with Gasteiger partial charge in [-0.25, -0.2) is 14.6 Å². The van der Waals surface area contributed by atoms with E-state index in [2.05, 4.69) is 10.3 Å². The highest BCUT2D eigenvalue weighted by Crippen LogP contribution is 2.28. The molecule has 0 unspecified atom stereocenters. The average Bonchev–Trinajstić information content (AvgIpc) is 3.13. The van der Waals surface area contributed by atoms with Crippen molar-refractivity contribution in [1.82, 2.24) is 9.55 Å². The SMILES string of the molecule is COc1cccc(-c2cnc(NCc3ccc(O)c(OC)c3)n2C)c1.O=C(O)C(=O)O. The first kappa shape index (κ1) is 23.1. The van der Waals surface area contributed by atoms with Crippen molar-refractivity contribution in [2.45, 2.75) is 6.54 Å². The van der Waals surface area contributed by atoms with Gasteiger partial charge < -0.3 is 34.7 Å². The van der Waals surface area contributed by atoms with E-state index >= 15 is 0 Å². The van der Waals surface area contributed by atoms with Crippen LogP contribution >= 0.6 is 0 Å². The molecule has 0 aliphatic rings. The molecule has 0 bridgehead atoms. The fourth-order valence-electron chi connectivity index (χ4n) is 2.64. The molecule has 10 nitrogen and oxygen atoms in total. The maximum Gasteiger partial charge on any atom is 0.414 e. The number of nitrogens with zero attached hydrogens (tertiary/aromatic N) is 2. The molecule has 164 valence electrons. The lowest BCUT2D eigenvalue weighted by molar-refractivity contribution is -0.159. The summed E-state index contributed by atoms with van der Waals surface area (Å²) in [5, 5.41) is 27.7. The van der Waals surface area contributed by atoms with Gasteiger partial charge >= 0.3 is 11.9 Å². The van der Waals surface area contributed by atoms with Crippen LogP contribution in [0.25, 0.3) is 11.3 Å². The Bertz CT molecular complexity index is 1050. The van der Waals surface area contributed by atoms with Gasteiger partial charge in [-0.05, 0) is 29.8 Å². The number of anilines is 1. The number of methoxy groups -OCH3 is 2. The monoisotopic (exact) mass is 429 g/mol. The van der Waals surface area contributed by atoms with Gasteiger partial charge in [0.1, 0.15) is 5.75 Å². The normalized spacial score (nSPS) is 9.90. The van der Waals surface area contributed by atoms with E-state index in [4.69, 9.17) is 29.3 Å². The zero-order valence-corrected chi connectivity index (χ0v) is 17.2. The highest BCUT2D eigenvalue weighted by Gasteiger charge is 2.10. The second kappa shape index (κ2) is 10.5. The molecule has 0 radical (unpaired) electrons. The second-order valence-corrected chi connectivity index (χ2v) is 6.23. The molecule has 3 rings (SSSR count). The number of phenols is 1. The minimum Gasteiger partial charge on any atom is -0.504 e. The molecule has 10 heteroatoms. The summed E-state index contributed by atoms with van der Waals surface area (Å²) in [4.78, 5) is 22.7. The van der Waals surface area contributed by atoms with Crippen LogP contribution < -0.4 is 14.8 Å². The number of benzene rings is 2. The number of carbonyl (C=O) groups is 2. The Labute approximate surface area is 178 Å². The molecule has 0 amide bonds. The van der Waals surface area contributed by atoms with E-state index in [-0.39, 0.29) is 5.75 Å². The van der Waals surface area contributed by atoms with Crippen molar-refractivity contribution >= 4 is 17.9 Å². The van der Waals surface area contributed by atoms with Gasteiger partial charge in [0.15, 0.2) is 11.5 Å². The lowest BCUT2D eigenvalue weighted by atomic mass is 10.1. The summed E-state index contributed by atoms with van der Waals surface area (Å²) in [7, 11) is 5.15. The van der Waals surface area contributed by atoms with Crippen molar-refractivity contribution in [3.8, 4) is 28.5 Å². The third-order valence-electron chi connectivity index (χ3n) is 4.23. The van der Waals surface area contributed by atoms with Crippen LogP contribution in [0.15, 0.2) is 48.7 Å². The number of hydrogen-bond acceptors (Lipinski definition) is 7. The molecule has 2 aromatic carbocycles. The van der Waals surface area contributed by atoms with Crippen LogP contribution in [0.3, 0.4) is 0 Å². The fourth-order valence-corrected chi connectivity index (χ4v) is 2.64. The van der Waals surface area contributed by atoms with E-state index in [1.165, 1.54) is 7.11 Å². The van der Waals surface area contributed by atoms with Crippen LogP contribution in [0, 0.1) is 0 Å². The minimum absolute atomic E-state index is 0.128. The van der Waals surface area contributed by atoms with Crippen LogP contribution in [0.4, 0.5) is 5.95 Å². The van der Waals surface area contributed by atoms with Crippen molar-refractivity contribution in [2.24, 2.45) is 7.05 Å². The molecular weight excluding hydrogens is 406 g/mol. The largest absolute Gasteiger partial charge is 0.504 e. The van der Waals surface area contributed by atoms with Crippen LogP contribution in [-0.2, 0) is 23.2 Å². The Balaban J connectivity index is 0.000000501. The van der Waals surface area contributed by atoms with Crippen molar-refractivity contribution in [3.63, 3.8) is 0 Å². The Morgan fingerprint density at radius 2 is 1.77 bits per heavy atom. The molecular formula is C21H23N3O7. The summed E-state index contributed by atoms with van der Waals surface area (Å²) in [6, 6.07) is 13.1. The van der Waals surface area contributed by atoms with Crippen molar-refractivity contribution < 1.29 is 34.4 Å². The molecule has 0 spiro atoms. The van der Waals surface area contributed by atoms with Gasteiger partial charge in [0.2, 0.25) is 5.95 Å². The van der Waals surface area contributed by atoms with Crippen LogP contribution in [0.1, 0.15) is 5.56 Å². The van der Waals surface area contributed by atoms with Crippen molar-refractivity contribution in [1.29, 1.82) is 0 Å². The summed E-state index contributed by atoms with van der Waals surface area (Å²) in [5.41, 5.74) is 3.01. The van der Waals surface area contributed by atoms with Crippen LogP contribution in [-0.4, -0.2) is 51.0 Å². The predicted octanol–water partition coefficient (Wildman–Crippen LogP) is 2.58. The zero-order chi connectivity index (χ0) is 23.0. The number of imidazole rings is 1. The molecule has 0 aliphatic carbocycles. The number of phenolic OH excluding ortho intramolecular Hbond substituents is 1. The molecule has 1 aromatic heterocycles. The summed E-state index contributed by atoms with van der Waals surface area (Å²) >= 11 is 0. The molecule has 1 heterocycles. The topological polar surface area (TPSA) is 143 Å². The molecule has 0 fully saturated rings. The highest BCUT2D eigenvalue weighted by atomic mass is 16.5. The van der Waals surface area contributed by atoms with E-state index in [0.29, 0.717) is 12.3 Å². The minimum atomic E-state index is -1.82. The number of nitrogens with one attached hydrogen (secondary N) is 1. The smallest absolute Gasteiger partial charge is 0.414 e. The first-order chi connectivity index (χ1) is 14.8. The van der Waals surface area contributed by atoms with Gasteiger partial charge in [0.25, 0.3) is 0 Å². The number of hydrogen-bond donors (Lipinski definition) is 4. The number of rotatable bonds is 6. The molecule has 0 saturated carbocycles. The first-order valence-corrected chi connectivity index (χ1v) is 8.99. The summed E-state index contributed by atoms with van der Waals surface area (Å²) in [5.74, 6) is -1.50. The van der Waals surface area contributed by atoms with Crippen LogP contribution in [0.2, 0.25) is 0 Å². The summed E-state index contributed by atoms with van der Waals surface area (Å²) < 4.78 is 12.4. The third-order valence-corrected chi connectivity index (χ3v) is 4.23. The number of aromatic nitrogens is 2. The second-order valence-electron chi connectivity index (χ2n) is 6.23. The molecule has 0 saturated heterocycles. The number of carboxylic acid groups (broad SMARTS) is 2. The van der Waals surface area contributed by atoms with Gasteiger partial charge in [0, 0.05) is 19.2 Å². The van der Waals surface area contributed by atoms with Crippen LogP contribution in [0.5, 0.6) is 17.2 Å². The lowest BCUT2D eigenvalue weighted by Gasteiger charge is -2.10. The van der Waals surface area contributed by atoms with Gasteiger partial charge in [-0.3, -0.25) is 0 Å². The standard InChI is InChI=1S/C19H21N3O3.C2H2O4/c1-22-16(14-5-4-6-15(10-14)24-2)12-21-19(22)20-11-13-7-8-17(23)18(9-13)25-3;3-1(4)2(5)6/h4-10,12,23H,11H2,1-3H3,(H,20,21);(H,3,4)(H,5,6). The number of carboxylic acids is 2. The molecule has 4 N–H and O–H groups in total. The predicted molar refractivity (Wildman–Crippen MR) is 112 cm³/mol. The Hall–Kier alpha value is -4.21. The van der Waals surface area contributed by atoms with E-state index in [1.54, 1.807) is 19.2 Å². The average molecular weight is 429 g/mol. The van der Waals surface area contributed by atoms with Gasteiger partial charge in [-0.1, -0.05) is 18.2 Å². The van der Waals surface area contributed by atoms with E-state index in [9.17, 15) is 5.11 Å². The Morgan fingerprint density at radius 3 is 2.39 bits per heavy atom. The van der Waals surface area contributed by atoms with Crippen molar-refractivity contribution in [3.05, 3.63) is 54.2 Å². The van der Waals surface area contributed by atoms with E-state index in [0.717, 1.165) is 28.5 Å². The Morgan fingerprint density at radius 1 is 1.06 bits per heavy atom. The highest BCUT2D eigenvalue weighted by molar-refractivity contribution is 6.27. The molecule has 3 aromatic rings. The maximum absolute atomic E-state index is 9.66. The van der Waals surface area contributed by atoms with Gasteiger partial charge in [0.05, 0.1) is 26.1 Å². The lowest BCUT2D eigenvalue weighted by Crippen LogP contribution is -2.09. The quantitative estimate of drug-likeness (QED) is 0.435. The van der Waals surface area contributed by atoms with Gasteiger partial charge in [-0.2, -0.15) is 0 Å². The molecule has 0 atom stereocenters. The van der Waals surface area contributed by atoms with Crippen molar-refractivity contribution in [2.75, 3.05) is 19.5 Å². The van der Waals surface area contributed by atoms with E-state index < -0.39 is 11.9 Å². The van der Waals surface area contributed by atoms with E-state index in [1.807, 2.05) is 48.1 Å². The fraction of sp³-hybridized carbons (Fsp3) is 0.190. The Kier molecular flexibility index (Phi) is 7.84.